The fraction of sp³-hybridized carbons (Fsp3) is 0.500. The third kappa shape index (κ3) is 3.83. The highest BCUT2D eigenvalue weighted by Gasteiger charge is 2.25. The molecule has 0 aromatic carbocycles. The van der Waals surface area contributed by atoms with Crippen molar-refractivity contribution in [2.24, 2.45) is 10.2 Å². The SMILES string of the molecule is CCOc1c(/N=N/c2n[nH]c(C(C)(C)C)c2C#N)c(=O)[nH]c2cc(C(C)(C)C)nn12. The van der Waals surface area contributed by atoms with E-state index in [2.05, 4.69) is 36.6 Å². The Labute approximate surface area is 174 Å². The van der Waals surface area contributed by atoms with Crippen molar-refractivity contribution in [2.75, 3.05) is 6.61 Å². The van der Waals surface area contributed by atoms with Gasteiger partial charge >= 0.3 is 0 Å². The average Bonchev–Trinajstić information content (AvgIpc) is 3.24. The zero-order chi connectivity index (χ0) is 22.3. The van der Waals surface area contributed by atoms with Crippen LogP contribution in [0.3, 0.4) is 0 Å². The fourth-order valence-corrected chi connectivity index (χ4v) is 2.87. The average molecular weight is 410 g/mol. The highest BCUT2D eigenvalue weighted by molar-refractivity contribution is 5.55. The Hall–Kier alpha value is -3.48. The first-order valence-electron chi connectivity index (χ1n) is 9.67. The van der Waals surface area contributed by atoms with E-state index >= 15 is 0 Å². The second-order valence-electron chi connectivity index (χ2n) is 8.98. The fourth-order valence-electron chi connectivity index (χ4n) is 2.87. The standard InChI is InChI=1S/C20H26N8O2/c1-8-30-18-14(17(29)22-13-9-12(19(2,3)4)27-28(13)18)23-25-16-11(10-21)15(24-26-16)20(5,6)7/h9H,8H2,1-7H3,(H,22,29)(H,24,26)/b25-23+. The van der Waals surface area contributed by atoms with Crippen molar-refractivity contribution >= 4 is 17.2 Å². The highest BCUT2D eigenvalue weighted by atomic mass is 16.5. The maximum atomic E-state index is 12.7. The van der Waals surface area contributed by atoms with Crippen LogP contribution >= 0.6 is 0 Å². The number of azo groups is 1. The summed E-state index contributed by atoms with van der Waals surface area (Å²) in [5.41, 5.74) is 1.18. The van der Waals surface area contributed by atoms with Gasteiger partial charge in [0.2, 0.25) is 11.5 Å². The lowest BCUT2D eigenvalue weighted by Crippen LogP contribution is -2.14. The topological polar surface area (TPSA) is 137 Å². The van der Waals surface area contributed by atoms with Crippen LogP contribution in [-0.4, -0.2) is 31.4 Å². The molecule has 3 aromatic rings. The van der Waals surface area contributed by atoms with Crippen LogP contribution in [-0.2, 0) is 10.8 Å². The van der Waals surface area contributed by atoms with E-state index in [9.17, 15) is 10.1 Å². The van der Waals surface area contributed by atoms with E-state index in [1.54, 1.807) is 6.92 Å². The molecular formula is C20H26N8O2. The molecular weight excluding hydrogens is 384 g/mol. The summed E-state index contributed by atoms with van der Waals surface area (Å²) in [6, 6.07) is 3.92. The number of H-pyrrole nitrogens is 2. The van der Waals surface area contributed by atoms with Gasteiger partial charge in [0, 0.05) is 16.9 Å². The summed E-state index contributed by atoms with van der Waals surface area (Å²) in [7, 11) is 0. The van der Waals surface area contributed by atoms with Gasteiger partial charge in [-0.15, -0.1) is 10.2 Å². The maximum absolute atomic E-state index is 12.7. The molecule has 10 heteroatoms. The van der Waals surface area contributed by atoms with Crippen LogP contribution in [0.4, 0.5) is 11.5 Å². The number of ether oxygens (including phenoxy) is 1. The molecule has 3 aromatic heterocycles. The normalized spacial score (nSPS) is 12.6. The Kier molecular flexibility index (Phi) is 5.24. The van der Waals surface area contributed by atoms with Gasteiger partial charge in [-0.25, -0.2) is 0 Å². The predicted octanol–water partition coefficient (Wildman–Crippen LogP) is 4.03. The number of nitrogens with one attached hydrogen (secondary N) is 2. The summed E-state index contributed by atoms with van der Waals surface area (Å²) in [5.74, 6) is 0.292. The maximum Gasteiger partial charge on any atom is 0.282 e. The van der Waals surface area contributed by atoms with E-state index < -0.39 is 5.56 Å². The summed E-state index contributed by atoms with van der Waals surface area (Å²) in [6.07, 6.45) is 0. The second-order valence-corrected chi connectivity index (χ2v) is 8.98. The van der Waals surface area contributed by atoms with Crippen molar-refractivity contribution in [1.82, 2.24) is 24.8 Å². The van der Waals surface area contributed by atoms with Crippen molar-refractivity contribution in [1.29, 1.82) is 5.26 Å². The van der Waals surface area contributed by atoms with Crippen LogP contribution in [0.15, 0.2) is 21.1 Å². The molecule has 0 spiro atoms. The number of fused-ring (bicyclic) bond motifs is 1. The summed E-state index contributed by atoms with van der Waals surface area (Å²) in [4.78, 5) is 15.5. The molecule has 0 radical (unpaired) electrons. The third-order valence-electron chi connectivity index (χ3n) is 4.46. The monoisotopic (exact) mass is 410 g/mol. The Bertz CT molecular complexity index is 1210. The molecule has 0 atom stereocenters. The van der Waals surface area contributed by atoms with Crippen molar-refractivity contribution < 1.29 is 4.74 Å². The molecule has 0 bridgehead atoms. The highest BCUT2D eigenvalue weighted by Crippen LogP contribution is 2.32. The molecule has 0 aliphatic rings. The Balaban J connectivity index is 2.16. The van der Waals surface area contributed by atoms with Crippen molar-refractivity contribution in [2.45, 2.75) is 59.3 Å². The molecule has 2 N–H and O–H groups in total. The molecule has 0 saturated carbocycles. The Morgan fingerprint density at radius 2 is 1.90 bits per heavy atom. The summed E-state index contributed by atoms with van der Waals surface area (Å²) in [5, 5.41) is 29.2. The minimum Gasteiger partial charge on any atom is -0.476 e. The largest absolute Gasteiger partial charge is 0.476 e. The van der Waals surface area contributed by atoms with E-state index in [1.165, 1.54) is 4.52 Å². The lowest BCUT2D eigenvalue weighted by molar-refractivity contribution is 0.317. The number of rotatable bonds is 4. The number of nitriles is 1. The number of nitrogens with zero attached hydrogens (tertiary/aromatic N) is 6. The van der Waals surface area contributed by atoms with Crippen molar-refractivity contribution in [3.63, 3.8) is 0 Å². The zero-order valence-electron chi connectivity index (χ0n) is 18.3. The van der Waals surface area contributed by atoms with Gasteiger partial charge < -0.3 is 9.72 Å². The zero-order valence-corrected chi connectivity index (χ0v) is 18.3. The Morgan fingerprint density at radius 3 is 2.47 bits per heavy atom. The molecule has 0 saturated heterocycles. The van der Waals surface area contributed by atoms with Crippen molar-refractivity contribution in [3.05, 3.63) is 33.4 Å². The van der Waals surface area contributed by atoms with Gasteiger partial charge in [-0.2, -0.15) is 20.0 Å². The van der Waals surface area contributed by atoms with Gasteiger partial charge in [0.25, 0.3) is 11.4 Å². The summed E-state index contributed by atoms with van der Waals surface area (Å²) in [6.45, 7) is 14.1. The van der Waals surface area contributed by atoms with E-state index in [1.807, 2.05) is 47.6 Å². The van der Waals surface area contributed by atoms with Crippen LogP contribution in [0.25, 0.3) is 5.65 Å². The van der Waals surface area contributed by atoms with Gasteiger partial charge in [0.15, 0.2) is 0 Å². The number of hydrogen-bond donors (Lipinski definition) is 2. The van der Waals surface area contributed by atoms with E-state index in [0.29, 0.717) is 17.9 Å². The molecule has 0 fully saturated rings. The van der Waals surface area contributed by atoms with Crippen LogP contribution in [0.1, 0.15) is 65.4 Å². The first-order chi connectivity index (χ1) is 14.0. The van der Waals surface area contributed by atoms with E-state index in [-0.39, 0.29) is 33.8 Å². The first kappa shape index (κ1) is 21.2. The Morgan fingerprint density at radius 1 is 1.20 bits per heavy atom. The van der Waals surface area contributed by atoms with Crippen LogP contribution < -0.4 is 10.3 Å². The molecule has 0 aliphatic heterocycles. The third-order valence-corrected chi connectivity index (χ3v) is 4.46. The summed E-state index contributed by atoms with van der Waals surface area (Å²) >= 11 is 0. The molecule has 0 amide bonds. The molecule has 30 heavy (non-hydrogen) atoms. The van der Waals surface area contributed by atoms with Crippen molar-refractivity contribution in [3.8, 4) is 11.9 Å². The molecule has 0 aliphatic carbocycles. The lowest BCUT2D eigenvalue weighted by Gasteiger charge is -2.15. The van der Waals surface area contributed by atoms with Gasteiger partial charge in [-0.3, -0.25) is 9.89 Å². The predicted molar refractivity (Wildman–Crippen MR) is 112 cm³/mol. The van der Waals surface area contributed by atoms with Crippen LogP contribution in [0.2, 0.25) is 0 Å². The minimum atomic E-state index is -0.472. The number of aromatic amines is 2. The number of aromatic nitrogens is 5. The first-order valence-corrected chi connectivity index (χ1v) is 9.67. The quantitative estimate of drug-likeness (QED) is 0.626. The summed E-state index contributed by atoms with van der Waals surface area (Å²) < 4.78 is 7.21. The van der Waals surface area contributed by atoms with Gasteiger partial charge in [-0.05, 0) is 6.92 Å². The molecule has 10 nitrogen and oxygen atoms in total. The second kappa shape index (κ2) is 7.40. The smallest absolute Gasteiger partial charge is 0.282 e. The van der Waals surface area contributed by atoms with Gasteiger partial charge in [0.1, 0.15) is 17.3 Å². The van der Waals surface area contributed by atoms with Crippen LogP contribution in [0, 0.1) is 11.3 Å². The van der Waals surface area contributed by atoms with E-state index in [4.69, 9.17) is 4.74 Å². The lowest BCUT2D eigenvalue weighted by atomic mass is 9.90. The molecule has 158 valence electrons. The minimum absolute atomic E-state index is 0.0443. The van der Waals surface area contributed by atoms with E-state index in [0.717, 1.165) is 5.69 Å². The van der Waals surface area contributed by atoms with Crippen LogP contribution in [0.5, 0.6) is 5.88 Å². The molecule has 3 rings (SSSR count). The van der Waals surface area contributed by atoms with Gasteiger partial charge in [0.05, 0.1) is 18.0 Å². The molecule has 3 heterocycles. The molecule has 0 unspecified atom stereocenters. The van der Waals surface area contributed by atoms with Gasteiger partial charge in [-0.1, -0.05) is 41.5 Å². The number of hydrogen-bond acceptors (Lipinski definition) is 7.